The van der Waals surface area contributed by atoms with Gasteiger partial charge in [0, 0.05) is 45.0 Å². The Morgan fingerprint density at radius 2 is 2.10 bits per heavy atom. The summed E-state index contributed by atoms with van der Waals surface area (Å²) < 4.78 is 5.07. The van der Waals surface area contributed by atoms with Gasteiger partial charge in [0.15, 0.2) is 0 Å². The predicted molar refractivity (Wildman–Crippen MR) is 80.8 cm³/mol. The standard InChI is InChI=1S/C16H24N2O2/c1-13(9-11-20-2)17-12-14-5-7-15(8-6-14)18-10-3-4-16(18)19/h5-8,13,17H,3-4,9-12H2,1-2H3. The summed E-state index contributed by atoms with van der Waals surface area (Å²) in [5.74, 6) is 0.240. The molecule has 2 rings (SSSR count). The van der Waals surface area contributed by atoms with E-state index in [9.17, 15) is 4.79 Å². The highest BCUT2D eigenvalue weighted by Gasteiger charge is 2.21. The van der Waals surface area contributed by atoms with Crippen molar-refractivity contribution in [1.82, 2.24) is 5.32 Å². The fourth-order valence-electron chi connectivity index (χ4n) is 2.40. The van der Waals surface area contributed by atoms with Crippen LogP contribution >= 0.6 is 0 Å². The molecule has 1 aliphatic heterocycles. The van der Waals surface area contributed by atoms with Crippen molar-refractivity contribution in [3.63, 3.8) is 0 Å². The van der Waals surface area contributed by atoms with Crippen LogP contribution in [0.5, 0.6) is 0 Å². The van der Waals surface area contributed by atoms with Crippen molar-refractivity contribution in [3.8, 4) is 0 Å². The molecule has 1 atom stereocenters. The smallest absolute Gasteiger partial charge is 0.227 e. The summed E-state index contributed by atoms with van der Waals surface area (Å²) in [6.07, 6.45) is 2.66. The van der Waals surface area contributed by atoms with E-state index >= 15 is 0 Å². The van der Waals surface area contributed by atoms with Gasteiger partial charge >= 0.3 is 0 Å². The van der Waals surface area contributed by atoms with Gasteiger partial charge in [-0.05, 0) is 37.5 Å². The van der Waals surface area contributed by atoms with Gasteiger partial charge in [-0.3, -0.25) is 4.79 Å². The largest absolute Gasteiger partial charge is 0.385 e. The molecular formula is C16H24N2O2. The number of carbonyl (C=O) groups excluding carboxylic acids is 1. The zero-order chi connectivity index (χ0) is 14.4. The quantitative estimate of drug-likeness (QED) is 0.831. The predicted octanol–water partition coefficient (Wildman–Crippen LogP) is 2.33. The van der Waals surface area contributed by atoms with E-state index in [1.165, 1.54) is 5.56 Å². The molecule has 0 saturated carbocycles. The maximum Gasteiger partial charge on any atom is 0.227 e. The lowest BCUT2D eigenvalue weighted by atomic mass is 10.1. The second-order valence-electron chi connectivity index (χ2n) is 5.38. The molecule has 0 bridgehead atoms. The number of benzene rings is 1. The summed E-state index contributed by atoms with van der Waals surface area (Å²) in [4.78, 5) is 13.6. The zero-order valence-corrected chi connectivity index (χ0v) is 12.4. The molecule has 1 fully saturated rings. The molecule has 0 aliphatic carbocycles. The Morgan fingerprint density at radius 1 is 1.35 bits per heavy atom. The number of hydrogen-bond acceptors (Lipinski definition) is 3. The maximum absolute atomic E-state index is 11.7. The first-order valence-corrected chi connectivity index (χ1v) is 7.32. The van der Waals surface area contributed by atoms with Crippen LogP contribution in [0.3, 0.4) is 0 Å². The number of methoxy groups -OCH3 is 1. The number of nitrogens with one attached hydrogen (secondary N) is 1. The number of anilines is 1. The number of amides is 1. The van der Waals surface area contributed by atoms with Gasteiger partial charge in [0.25, 0.3) is 0 Å². The molecule has 1 aromatic carbocycles. The van der Waals surface area contributed by atoms with Gasteiger partial charge in [-0.25, -0.2) is 0 Å². The van der Waals surface area contributed by atoms with Crippen molar-refractivity contribution in [3.05, 3.63) is 29.8 Å². The molecule has 1 aliphatic rings. The minimum atomic E-state index is 0.240. The van der Waals surface area contributed by atoms with Gasteiger partial charge in [0.1, 0.15) is 0 Å². The number of hydrogen-bond donors (Lipinski definition) is 1. The van der Waals surface area contributed by atoms with E-state index in [1.54, 1.807) is 7.11 Å². The van der Waals surface area contributed by atoms with Crippen LogP contribution in [0.4, 0.5) is 5.69 Å². The van der Waals surface area contributed by atoms with Gasteiger partial charge in [-0.2, -0.15) is 0 Å². The van der Waals surface area contributed by atoms with Crippen LogP contribution in [-0.4, -0.2) is 32.2 Å². The normalized spacial score (nSPS) is 16.7. The van der Waals surface area contributed by atoms with Crippen molar-refractivity contribution in [1.29, 1.82) is 0 Å². The third kappa shape index (κ3) is 4.05. The lowest BCUT2D eigenvalue weighted by Crippen LogP contribution is -2.27. The molecule has 1 unspecified atom stereocenters. The lowest BCUT2D eigenvalue weighted by molar-refractivity contribution is -0.117. The minimum absolute atomic E-state index is 0.240. The number of rotatable bonds is 7. The van der Waals surface area contributed by atoms with Gasteiger partial charge < -0.3 is 15.0 Å². The average Bonchev–Trinajstić information content (AvgIpc) is 2.89. The first-order valence-electron chi connectivity index (χ1n) is 7.32. The number of nitrogens with zero attached hydrogens (tertiary/aromatic N) is 1. The van der Waals surface area contributed by atoms with E-state index in [1.807, 2.05) is 17.0 Å². The minimum Gasteiger partial charge on any atom is -0.385 e. The van der Waals surface area contributed by atoms with Crippen molar-refractivity contribution in [2.24, 2.45) is 0 Å². The molecule has 0 aromatic heterocycles. The first-order chi connectivity index (χ1) is 9.70. The summed E-state index contributed by atoms with van der Waals surface area (Å²) in [7, 11) is 1.73. The number of ether oxygens (including phenoxy) is 1. The van der Waals surface area contributed by atoms with Gasteiger partial charge in [-0.1, -0.05) is 12.1 Å². The molecule has 20 heavy (non-hydrogen) atoms. The third-order valence-electron chi connectivity index (χ3n) is 3.73. The Bertz CT molecular complexity index is 431. The van der Waals surface area contributed by atoms with Crippen molar-refractivity contribution >= 4 is 11.6 Å². The SMILES string of the molecule is COCCC(C)NCc1ccc(N2CCCC2=O)cc1. The highest BCUT2D eigenvalue weighted by Crippen LogP contribution is 2.21. The maximum atomic E-state index is 11.7. The Balaban J connectivity index is 1.84. The molecule has 0 spiro atoms. The Hall–Kier alpha value is -1.39. The summed E-state index contributed by atoms with van der Waals surface area (Å²) >= 11 is 0. The fraction of sp³-hybridized carbons (Fsp3) is 0.562. The van der Waals surface area contributed by atoms with Crippen LogP contribution in [0.2, 0.25) is 0 Å². The summed E-state index contributed by atoms with van der Waals surface area (Å²) in [6.45, 7) is 4.64. The topological polar surface area (TPSA) is 41.6 Å². The molecule has 1 aromatic rings. The Kier molecular flexibility index (Phi) is 5.56. The Labute approximate surface area is 121 Å². The second kappa shape index (κ2) is 7.41. The van der Waals surface area contributed by atoms with E-state index in [2.05, 4.69) is 24.4 Å². The highest BCUT2D eigenvalue weighted by molar-refractivity contribution is 5.95. The average molecular weight is 276 g/mol. The first kappa shape index (κ1) is 15.0. The molecule has 0 radical (unpaired) electrons. The van der Waals surface area contributed by atoms with E-state index in [0.29, 0.717) is 12.5 Å². The van der Waals surface area contributed by atoms with Crippen molar-refractivity contribution < 1.29 is 9.53 Å². The summed E-state index contributed by atoms with van der Waals surface area (Å²) in [5.41, 5.74) is 2.26. The van der Waals surface area contributed by atoms with Gasteiger partial charge in [0.05, 0.1) is 0 Å². The highest BCUT2D eigenvalue weighted by atomic mass is 16.5. The van der Waals surface area contributed by atoms with Crippen molar-refractivity contribution in [2.45, 2.75) is 38.8 Å². The monoisotopic (exact) mass is 276 g/mol. The third-order valence-corrected chi connectivity index (χ3v) is 3.73. The molecule has 1 heterocycles. The fourth-order valence-corrected chi connectivity index (χ4v) is 2.40. The van der Waals surface area contributed by atoms with Crippen LogP contribution in [0.15, 0.2) is 24.3 Å². The molecule has 110 valence electrons. The molecule has 4 nitrogen and oxygen atoms in total. The zero-order valence-electron chi connectivity index (χ0n) is 12.4. The summed E-state index contributed by atoms with van der Waals surface area (Å²) in [6, 6.07) is 8.71. The van der Waals surface area contributed by atoms with Crippen LogP contribution < -0.4 is 10.2 Å². The lowest BCUT2D eigenvalue weighted by Gasteiger charge is -2.17. The molecular weight excluding hydrogens is 252 g/mol. The molecule has 1 amide bonds. The molecule has 1 N–H and O–H groups in total. The van der Waals surface area contributed by atoms with E-state index in [-0.39, 0.29) is 5.91 Å². The van der Waals surface area contributed by atoms with Crippen LogP contribution in [0.1, 0.15) is 31.7 Å². The molecule has 4 heteroatoms. The Morgan fingerprint density at radius 3 is 2.70 bits per heavy atom. The van der Waals surface area contributed by atoms with Gasteiger partial charge in [-0.15, -0.1) is 0 Å². The van der Waals surface area contributed by atoms with Crippen molar-refractivity contribution in [2.75, 3.05) is 25.2 Å². The van der Waals surface area contributed by atoms with E-state index < -0.39 is 0 Å². The van der Waals surface area contributed by atoms with Gasteiger partial charge in [0.2, 0.25) is 5.91 Å². The number of carbonyl (C=O) groups is 1. The molecule has 1 saturated heterocycles. The van der Waals surface area contributed by atoms with Crippen LogP contribution in [0.25, 0.3) is 0 Å². The van der Waals surface area contributed by atoms with Crippen LogP contribution in [0, 0.1) is 0 Å². The van der Waals surface area contributed by atoms with Crippen LogP contribution in [-0.2, 0) is 16.1 Å². The summed E-state index contributed by atoms with van der Waals surface area (Å²) in [5, 5.41) is 3.47. The van der Waals surface area contributed by atoms with E-state index in [0.717, 1.165) is 38.2 Å². The second-order valence-corrected chi connectivity index (χ2v) is 5.38. The van der Waals surface area contributed by atoms with E-state index in [4.69, 9.17) is 4.74 Å².